The van der Waals surface area contributed by atoms with Gasteiger partial charge in [0.15, 0.2) is 5.82 Å². The molecule has 1 fully saturated rings. The van der Waals surface area contributed by atoms with E-state index in [0.717, 1.165) is 24.0 Å². The van der Waals surface area contributed by atoms with Crippen LogP contribution in [0, 0.1) is 6.92 Å². The largest absolute Gasteiger partial charge is 0.496 e. The summed E-state index contributed by atoms with van der Waals surface area (Å²) in [5.41, 5.74) is 3.03. The van der Waals surface area contributed by atoms with Crippen LogP contribution in [0.25, 0.3) is 17.1 Å². The summed E-state index contributed by atoms with van der Waals surface area (Å²) in [7, 11) is 1.62. The number of aryl methyl sites for hydroxylation is 1. The number of amides is 1. The molecule has 0 radical (unpaired) electrons. The van der Waals surface area contributed by atoms with E-state index in [-0.39, 0.29) is 11.9 Å². The van der Waals surface area contributed by atoms with Crippen LogP contribution in [0.2, 0.25) is 0 Å². The van der Waals surface area contributed by atoms with Gasteiger partial charge in [-0.1, -0.05) is 23.8 Å². The Labute approximate surface area is 185 Å². The molecule has 162 valence electrons. The molecule has 1 unspecified atom stereocenters. The third kappa shape index (κ3) is 3.51. The highest BCUT2D eigenvalue weighted by atomic mass is 16.5. The number of rotatable bonds is 5. The van der Waals surface area contributed by atoms with Crippen LogP contribution < -0.4 is 4.74 Å². The minimum absolute atomic E-state index is 0.0706. The number of likely N-dealkylation sites (tertiary alicyclic amines) is 1. The summed E-state index contributed by atoms with van der Waals surface area (Å²) in [6, 6.07) is 13.1. The van der Waals surface area contributed by atoms with E-state index in [2.05, 4.69) is 20.4 Å². The van der Waals surface area contributed by atoms with Gasteiger partial charge in [0.1, 0.15) is 11.6 Å². The molecule has 32 heavy (non-hydrogen) atoms. The highest BCUT2D eigenvalue weighted by Crippen LogP contribution is 2.34. The van der Waals surface area contributed by atoms with E-state index in [4.69, 9.17) is 9.72 Å². The topological polar surface area (TPSA) is 102 Å². The fraction of sp³-hybridized carbons (Fsp3) is 0.261. The van der Waals surface area contributed by atoms with Gasteiger partial charge in [0.05, 0.1) is 42.4 Å². The molecule has 0 spiro atoms. The Morgan fingerprint density at radius 2 is 1.97 bits per heavy atom. The number of nitrogens with zero attached hydrogens (tertiary/aromatic N) is 6. The van der Waals surface area contributed by atoms with Gasteiger partial charge in [-0.3, -0.25) is 9.89 Å². The number of aromatic amines is 1. The predicted molar refractivity (Wildman–Crippen MR) is 117 cm³/mol. The maximum absolute atomic E-state index is 13.7. The molecule has 0 saturated carbocycles. The van der Waals surface area contributed by atoms with Crippen molar-refractivity contribution in [3.8, 4) is 22.8 Å². The van der Waals surface area contributed by atoms with Crippen molar-refractivity contribution in [2.24, 2.45) is 0 Å². The molecule has 3 heterocycles. The molecule has 9 nitrogen and oxygen atoms in total. The van der Waals surface area contributed by atoms with Crippen LogP contribution in [0.3, 0.4) is 0 Å². The highest BCUT2D eigenvalue weighted by Gasteiger charge is 2.34. The zero-order chi connectivity index (χ0) is 22.1. The van der Waals surface area contributed by atoms with Crippen molar-refractivity contribution in [3.63, 3.8) is 0 Å². The monoisotopic (exact) mass is 429 g/mol. The van der Waals surface area contributed by atoms with Gasteiger partial charge in [0, 0.05) is 6.54 Å². The molecule has 0 aliphatic carbocycles. The van der Waals surface area contributed by atoms with Crippen LogP contribution in [0.4, 0.5) is 0 Å². The molecule has 1 saturated heterocycles. The lowest BCUT2D eigenvalue weighted by molar-refractivity contribution is 0.0729. The third-order valence-corrected chi connectivity index (χ3v) is 5.70. The van der Waals surface area contributed by atoms with Gasteiger partial charge in [0.2, 0.25) is 0 Å². The molecular formula is C23H23N7O2. The second-order valence-corrected chi connectivity index (χ2v) is 7.74. The van der Waals surface area contributed by atoms with E-state index in [1.54, 1.807) is 19.5 Å². The van der Waals surface area contributed by atoms with Crippen molar-refractivity contribution < 1.29 is 9.53 Å². The number of hydrogen-bond acceptors (Lipinski definition) is 6. The van der Waals surface area contributed by atoms with Gasteiger partial charge < -0.3 is 9.64 Å². The number of carbonyl (C=O) groups is 1. The maximum atomic E-state index is 13.7. The summed E-state index contributed by atoms with van der Waals surface area (Å²) in [6.07, 6.45) is 4.90. The lowest BCUT2D eigenvalue weighted by Crippen LogP contribution is -2.32. The zero-order valence-electron chi connectivity index (χ0n) is 17.9. The number of para-hydroxylation sites is 1. The summed E-state index contributed by atoms with van der Waals surface area (Å²) in [5, 5.41) is 15.9. The van der Waals surface area contributed by atoms with Crippen LogP contribution >= 0.6 is 0 Å². The van der Waals surface area contributed by atoms with Crippen LogP contribution in [0.15, 0.2) is 54.9 Å². The number of nitrogens with one attached hydrogen (secondary N) is 1. The Morgan fingerprint density at radius 3 is 2.78 bits per heavy atom. The molecule has 1 aliphatic rings. The number of ether oxygens (including phenoxy) is 1. The predicted octanol–water partition coefficient (Wildman–Crippen LogP) is 3.35. The standard InChI is InChI=1S/C23H23N7O2/c1-15-9-10-18(30-24-11-12-25-30)17(14-15)23(31)29-13-5-7-19(29)22-26-21(27-28-22)16-6-3-4-8-20(16)32-2/h3-4,6,8-12,14,19H,5,7,13H2,1-2H3,(H,26,27,28). The number of benzene rings is 2. The normalized spacial score (nSPS) is 15.8. The molecule has 9 heteroatoms. The van der Waals surface area contributed by atoms with Crippen molar-refractivity contribution in [1.29, 1.82) is 0 Å². The smallest absolute Gasteiger partial charge is 0.256 e. The van der Waals surface area contributed by atoms with Crippen molar-refractivity contribution >= 4 is 5.91 Å². The molecule has 1 amide bonds. The molecular weight excluding hydrogens is 406 g/mol. The van der Waals surface area contributed by atoms with Gasteiger partial charge in [-0.2, -0.15) is 20.1 Å². The van der Waals surface area contributed by atoms with Crippen LogP contribution in [-0.2, 0) is 0 Å². The lowest BCUT2D eigenvalue weighted by Gasteiger charge is -2.24. The Kier molecular flexibility index (Phi) is 5.14. The van der Waals surface area contributed by atoms with Gasteiger partial charge >= 0.3 is 0 Å². The van der Waals surface area contributed by atoms with Crippen molar-refractivity contribution in [2.45, 2.75) is 25.8 Å². The minimum Gasteiger partial charge on any atom is -0.496 e. The SMILES string of the molecule is COc1ccccc1-c1n[nH]c(C2CCCN2C(=O)c2cc(C)ccc2-n2nccn2)n1. The molecule has 2 aromatic heterocycles. The van der Waals surface area contributed by atoms with E-state index in [9.17, 15) is 4.79 Å². The van der Waals surface area contributed by atoms with Crippen LogP contribution in [0.5, 0.6) is 5.75 Å². The van der Waals surface area contributed by atoms with E-state index >= 15 is 0 Å². The number of carbonyl (C=O) groups excluding carboxylic acids is 1. The molecule has 2 aromatic carbocycles. The van der Waals surface area contributed by atoms with E-state index in [1.807, 2.05) is 54.3 Å². The van der Waals surface area contributed by atoms with Crippen molar-refractivity contribution in [1.82, 2.24) is 35.1 Å². The van der Waals surface area contributed by atoms with Gasteiger partial charge in [-0.25, -0.2) is 4.98 Å². The lowest BCUT2D eigenvalue weighted by atomic mass is 10.1. The van der Waals surface area contributed by atoms with Gasteiger partial charge in [0.25, 0.3) is 5.91 Å². The highest BCUT2D eigenvalue weighted by molar-refractivity contribution is 5.98. The summed E-state index contributed by atoms with van der Waals surface area (Å²) < 4.78 is 5.44. The summed E-state index contributed by atoms with van der Waals surface area (Å²) >= 11 is 0. The summed E-state index contributed by atoms with van der Waals surface area (Å²) in [5.74, 6) is 1.85. The fourth-order valence-electron chi connectivity index (χ4n) is 4.16. The Balaban J connectivity index is 1.47. The molecule has 1 aliphatic heterocycles. The minimum atomic E-state index is -0.183. The van der Waals surface area contributed by atoms with E-state index < -0.39 is 0 Å². The Morgan fingerprint density at radius 1 is 1.16 bits per heavy atom. The first-order valence-electron chi connectivity index (χ1n) is 10.5. The quantitative estimate of drug-likeness (QED) is 0.522. The zero-order valence-corrected chi connectivity index (χ0v) is 17.9. The molecule has 4 aromatic rings. The number of methoxy groups -OCH3 is 1. The third-order valence-electron chi connectivity index (χ3n) is 5.70. The van der Waals surface area contributed by atoms with Crippen LogP contribution in [-0.4, -0.2) is 54.6 Å². The maximum Gasteiger partial charge on any atom is 0.256 e. The van der Waals surface area contributed by atoms with Gasteiger partial charge in [-0.05, 0) is 44.0 Å². The molecule has 1 atom stereocenters. The Hall–Kier alpha value is -4.01. The fourth-order valence-corrected chi connectivity index (χ4v) is 4.16. The van der Waals surface area contributed by atoms with E-state index in [0.29, 0.717) is 35.2 Å². The molecule has 5 rings (SSSR count). The van der Waals surface area contributed by atoms with Crippen LogP contribution in [0.1, 0.15) is 40.6 Å². The van der Waals surface area contributed by atoms with E-state index in [1.165, 1.54) is 4.80 Å². The second-order valence-electron chi connectivity index (χ2n) is 7.74. The van der Waals surface area contributed by atoms with Crippen molar-refractivity contribution in [3.05, 3.63) is 71.8 Å². The number of aromatic nitrogens is 6. The Bertz CT molecular complexity index is 1250. The second kappa shape index (κ2) is 8.26. The summed E-state index contributed by atoms with van der Waals surface area (Å²) in [4.78, 5) is 21.7. The summed E-state index contributed by atoms with van der Waals surface area (Å²) in [6.45, 7) is 2.61. The number of H-pyrrole nitrogens is 1. The average molecular weight is 429 g/mol. The van der Waals surface area contributed by atoms with Gasteiger partial charge in [-0.15, -0.1) is 0 Å². The average Bonchev–Trinajstić information content (AvgIpc) is 3.59. The van der Waals surface area contributed by atoms with Crippen molar-refractivity contribution in [2.75, 3.05) is 13.7 Å². The number of hydrogen-bond donors (Lipinski definition) is 1. The first kappa shape index (κ1) is 19.9. The first-order chi connectivity index (χ1) is 15.7. The first-order valence-corrected chi connectivity index (χ1v) is 10.5. The molecule has 0 bridgehead atoms. The molecule has 1 N–H and O–H groups in total.